The number of halogens is 2. The Morgan fingerprint density at radius 1 is 1.19 bits per heavy atom. The van der Waals surface area contributed by atoms with Crippen LogP contribution in [0.3, 0.4) is 0 Å². The van der Waals surface area contributed by atoms with Crippen molar-refractivity contribution in [2.75, 3.05) is 16.0 Å². The number of rotatable bonds is 4. The molecule has 0 aliphatic carbocycles. The molecule has 31 heavy (non-hydrogen) atoms. The highest BCUT2D eigenvalue weighted by molar-refractivity contribution is 6.31. The Morgan fingerprint density at radius 2 is 1.94 bits per heavy atom. The van der Waals surface area contributed by atoms with Crippen molar-refractivity contribution >= 4 is 46.6 Å². The average Bonchev–Trinajstić information content (AvgIpc) is 2.72. The van der Waals surface area contributed by atoms with Gasteiger partial charge < -0.3 is 16.0 Å². The Balaban J connectivity index is 1.65. The number of nitrogens with one attached hydrogen (secondary N) is 4. The van der Waals surface area contributed by atoms with Crippen LogP contribution in [0.25, 0.3) is 0 Å². The molecule has 158 valence electrons. The van der Waals surface area contributed by atoms with Crippen LogP contribution in [-0.4, -0.2) is 21.8 Å². The van der Waals surface area contributed by atoms with Crippen LogP contribution in [0.1, 0.15) is 23.5 Å². The lowest BCUT2D eigenvalue weighted by Gasteiger charge is -2.24. The lowest BCUT2D eigenvalue weighted by atomic mass is 9.92. The van der Waals surface area contributed by atoms with E-state index in [9.17, 15) is 18.8 Å². The van der Waals surface area contributed by atoms with Crippen molar-refractivity contribution < 1.29 is 14.0 Å². The second-order valence-electron chi connectivity index (χ2n) is 7.02. The van der Waals surface area contributed by atoms with E-state index >= 15 is 0 Å². The summed E-state index contributed by atoms with van der Waals surface area (Å²) in [5, 5.41) is 8.58. The van der Waals surface area contributed by atoms with E-state index in [1.807, 2.05) is 0 Å². The van der Waals surface area contributed by atoms with Crippen molar-refractivity contribution in [1.82, 2.24) is 9.97 Å². The van der Waals surface area contributed by atoms with Crippen molar-refractivity contribution in [2.45, 2.75) is 19.3 Å². The molecule has 0 spiro atoms. The first kappa shape index (κ1) is 20.5. The van der Waals surface area contributed by atoms with E-state index < -0.39 is 29.1 Å². The summed E-state index contributed by atoms with van der Waals surface area (Å²) >= 11 is 6.10. The largest absolute Gasteiger partial charge is 0.326 e. The highest BCUT2D eigenvalue weighted by atomic mass is 35.5. The van der Waals surface area contributed by atoms with Gasteiger partial charge in [-0.1, -0.05) is 17.7 Å². The van der Waals surface area contributed by atoms with Crippen LogP contribution in [0.15, 0.2) is 47.3 Å². The van der Waals surface area contributed by atoms with Crippen molar-refractivity contribution in [3.8, 4) is 0 Å². The first-order valence-corrected chi connectivity index (χ1v) is 9.72. The number of anilines is 4. The number of carbonyl (C=O) groups excluding carboxylic acids is 2. The number of carbonyl (C=O) groups is 2. The monoisotopic (exact) mass is 441 g/mol. The molecule has 2 aromatic carbocycles. The number of hydrogen-bond acceptors (Lipinski definition) is 5. The Hall–Kier alpha value is -3.72. The van der Waals surface area contributed by atoms with E-state index in [0.29, 0.717) is 22.0 Å². The van der Waals surface area contributed by atoms with Crippen LogP contribution >= 0.6 is 11.6 Å². The fourth-order valence-electron chi connectivity index (χ4n) is 3.29. The molecule has 8 nitrogen and oxygen atoms in total. The lowest BCUT2D eigenvalue weighted by molar-refractivity contribution is -0.123. The highest BCUT2D eigenvalue weighted by Crippen LogP contribution is 2.31. The van der Waals surface area contributed by atoms with Crippen LogP contribution in [0.2, 0.25) is 5.02 Å². The number of hydrogen-bond donors (Lipinski definition) is 4. The summed E-state index contributed by atoms with van der Waals surface area (Å²) in [5.41, 5.74) is 1.13. The second kappa shape index (κ2) is 8.19. The van der Waals surface area contributed by atoms with Gasteiger partial charge in [0, 0.05) is 22.8 Å². The molecule has 10 heteroatoms. The molecule has 1 aliphatic heterocycles. The van der Waals surface area contributed by atoms with E-state index in [2.05, 4.69) is 25.9 Å². The minimum Gasteiger partial charge on any atom is -0.326 e. The molecule has 0 unspecified atom stereocenters. The first-order chi connectivity index (χ1) is 14.8. The Morgan fingerprint density at radius 3 is 2.68 bits per heavy atom. The van der Waals surface area contributed by atoms with Crippen LogP contribution in [0, 0.1) is 12.7 Å². The quantitative estimate of drug-likeness (QED) is 0.493. The summed E-state index contributed by atoms with van der Waals surface area (Å²) in [6.45, 7) is 1.75. The number of benzene rings is 2. The summed E-state index contributed by atoms with van der Waals surface area (Å²) in [5.74, 6) is -2.36. The molecule has 0 fully saturated rings. The van der Waals surface area contributed by atoms with Crippen LogP contribution < -0.4 is 21.5 Å². The molecule has 4 N–H and O–H groups in total. The normalized spacial score (nSPS) is 15.1. The molecule has 0 bridgehead atoms. The second-order valence-corrected chi connectivity index (χ2v) is 7.42. The zero-order chi connectivity index (χ0) is 22.1. The number of aromatic amines is 1. The van der Waals surface area contributed by atoms with Gasteiger partial charge in [0.15, 0.2) is 0 Å². The minimum atomic E-state index is -1.03. The number of amides is 2. The summed E-state index contributed by atoms with van der Waals surface area (Å²) in [4.78, 5) is 44.7. The molecule has 0 saturated heterocycles. The van der Waals surface area contributed by atoms with Gasteiger partial charge in [0.25, 0.3) is 5.56 Å². The predicted octanol–water partition coefficient (Wildman–Crippen LogP) is 3.68. The lowest BCUT2D eigenvalue weighted by Crippen LogP contribution is -2.36. The molecule has 1 aromatic heterocycles. The SMILES string of the molecule is Cc1c(Cl)cccc1NC(=O)[C@H]1CC(=O)Nc2nc(Nc3ccc(F)cc3)[nH]c(=O)c21. The molecule has 4 rings (SSSR count). The topological polar surface area (TPSA) is 116 Å². The Bertz CT molecular complexity index is 1240. The molecular formula is C21H17ClFN5O3. The fraction of sp³-hybridized carbons (Fsp3) is 0.143. The Kier molecular flexibility index (Phi) is 5.43. The maximum atomic E-state index is 13.1. The molecule has 3 aromatic rings. The molecule has 1 aliphatic rings. The molecule has 2 amide bonds. The summed E-state index contributed by atoms with van der Waals surface area (Å²) < 4.78 is 13.1. The van der Waals surface area contributed by atoms with E-state index in [-0.39, 0.29) is 23.8 Å². The Labute approximate surface area is 180 Å². The van der Waals surface area contributed by atoms with Crippen LogP contribution in [0.4, 0.5) is 27.5 Å². The van der Waals surface area contributed by atoms with Crippen molar-refractivity contribution in [3.63, 3.8) is 0 Å². The first-order valence-electron chi connectivity index (χ1n) is 9.34. The molecule has 2 heterocycles. The number of nitrogens with zero attached hydrogens (tertiary/aromatic N) is 1. The smallest absolute Gasteiger partial charge is 0.258 e. The van der Waals surface area contributed by atoms with E-state index in [1.165, 1.54) is 24.3 Å². The van der Waals surface area contributed by atoms with E-state index in [4.69, 9.17) is 11.6 Å². The molecular weight excluding hydrogens is 425 g/mol. The third-order valence-corrected chi connectivity index (χ3v) is 5.31. The van der Waals surface area contributed by atoms with Crippen molar-refractivity contribution in [1.29, 1.82) is 0 Å². The van der Waals surface area contributed by atoms with Crippen molar-refractivity contribution in [3.05, 3.63) is 74.8 Å². The molecule has 0 radical (unpaired) electrons. The molecule has 0 saturated carbocycles. The number of aromatic nitrogens is 2. The third-order valence-electron chi connectivity index (χ3n) is 4.90. The summed E-state index contributed by atoms with van der Waals surface area (Å²) in [7, 11) is 0. The standard InChI is InChI=1S/C21H17ClFN5O3/c1-10-14(22)3-2-4-15(10)25-19(30)13-9-16(29)26-18-17(13)20(31)28-21(27-18)24-12-7-5-11(23)6-8-12/h2-8,13H,9H2,1H3,(H,25,30)(H3,24,26,27,28,29,31)/t13-/m0/s1. The summed E-state index contributed by atoms with van der Waals surface area (Å²) in [6.07, 6.45) is -0.200. The predicted molar refractivity (Wildman–Crippen MR) is 115 cm³/mol. The minimum absolute atomic E-state index is 0.00687. The van der Waals surface area contributed by atoms with Crippen LogP contribution in [-0.2, 0) is 9.59 Å². The number of H-pyrrole nitrogens is 1. The maximum absolute atomic E-state index is 13.1. The van der Waals surface area contributed by atoms with Crippen molar-refractivity contribution in [2.24, 2.45) is 0 Å². The van der Waals surface area contributed by atoms with Crippen LogP contribution in [0.5, 0.6) is 0 Å². The molecule has 1 atom stereocenters. The average molecular weight is 442 g/mol. The van der Waals surface area contributed by atoms with Gasteiger partial charge in [0.05, 0.1) is 11.5 Å². The van der Waals surface area contributed by atoms with Gasteiger partial charge in [-0.25, -0.2) is 4.39 Å². The number of fused-ring (bicyclic) bond motifs is 1. The fourth-order valence-corrected chi connectivity index (χ4v) is 3.46. The zero-order valence-corrected chi connectivity index (χ0v) is 17.0. The van der Waals surface area contributed by atoms with Gasteiger partial charge in [-0.15, -0.1) is 0 Å². The van der Waals surface area contributed by atoms with Gasteiger partial charge in [-0.3, -0.25) is 19.4 Å². The van der Waals surface area contributed by atoms with E-state index in [0.717, 1.165) is 0 Å². The van der Waals surface area contributed by atoms with Gasteiger partial charge >= 0.3 is 0 Å². The van der Waals surface area contributed by atoms with Gasteiger partial charge in [0.1, 0.15) is 11.6 Å². The highest BCUT2D eigenvalue weighted by Gasteiger charge is 2.35. The third kappa shape index (κ3) is 4.26. The van der Waals surface area contributed by atoms with E-state index in [1.54, 1.807) is 25.1 Å². The zero-order valence-electron chi connectivity index (χ0n) is 16.3. The van der Waals surface area contributed by atoms with Gasteiger partial charge in [-0.05, 0) is 48.9 Å². The maximum Gasteiger partial charge on any atom is 0.258 e. The summed E-state index contributed by atoms with van der Waals surface area (Å²) in [6, 6.07) is 10.5. The van der Waals surface area contributed by atoms with Gasteiger partial charge in [-0.2, -0.15) is 4.98 Å². The van der Waals surface area contributed by atoms with Gasteiger partial charge in [0.2, 0.25) is 17.8 Å².